The fourth-order valence-corrected chi connectivity index (χ4v) is 3.35. The van der Waals surface area contributed by atoms with Gasteiger partial charge in [0.15, 0.2) is 5.82 Å². The average molecular weight is 446 g/mol. The number of rotatable bonds is 4. The quantitative estimate of drug-likeness (QED) is 0.463. The van der Waals surface area contributed by atoms with Crippen molar-refractivity contribution in [3.05, 3.63) is 70.0 Å². The van der Waals surface area contributed by atoms with Crippen molar-refractivity contribution < 1.29 is 13.6 Å². The SMILES string of the molecule is Cc1ccccc1-n1ncc(C(=O)Nc2n[nH]c3ccc(Br)cc23)c1C(F)F. The van der Waals surface area contributed by atoms with Crippen LogP contribution >= 0.6 is 15.9 Å². The standard InChI is InChI=1S/C19H14BrF2N5O/c1-10-4-2-3-5-15(10)27-16(17(21)22)13(9-23-27)19(28)24-18-12-8-11(20)6-7-14(12)25-26-18/h2-9,17H,1H3,(H2,24,25,26,28). The number of para-hydroxylation sites is 1. The molecule has 0 aliphatic carbocycles. The van der Waals surface area contributed by atoms with Gasteiger partial charge < -0.3 is 5.32 Å². The van der Waals surface area contributed by atoms with E-state index < -0.39 is 18.0 Å². The van der Waals surface area contributed by atoms with Crippen molar-refractivity contribution in [2.75, 3.05) is 5.32 Å². The van der Waals surface area contributed by atoms with Crippen LogP contribution in [0, 0.1) is 6.92 Å². The zero-order chi connectivity index (χ0) is 19.8. The van der Waals surface area contributed by atoms with E-state index >= 15 is 0 Å². The highest BCUT2D eigenvalue weighted by atomic mass is 79.9. The third kappa shape index (κ3) is 3.18. The Kier molecular flexibility index (Phi) is 4.68. The second kappa shape index (κ2) is 7.16. The summed E-state index contributed by atoms with van der Waals surface area (Å²) in [7, 11) is 0. The maximum atomic E-state index is 13.8. The molecule has 4 aromatic rings. The number of halogens is 3. The molecule has 0 radical (unpaired) electrons. The molecule has 2 aromatic heterocycles. The van der Waals surface area contributed by atoms with Crippen LogP contribution in [-0.2, 0) is 0 Å². The minimum absolute atomic E-state index is 0.204. The molecule has 2 N–H and O–H groups in total. The second-order valence-electron chi connectivity index (χ2n) is 6.16. The topological polar surface area (TPSA) is 75.6 Å². The first-order valence-electron chi connectivity index (χ1n) is 8.32. The van der Waals surface area contributed by atoms with E-state index in [0.29, 0.717) is 16.6 Å². The van der Waals surface area contributed by atoms with Crippen LogP contribution in [0.3, 0.4) is 0 Å². The molecule has 2 heterocycles. The van der Waals surface area contributed by atoms with E-state index in [9.17, 15) is 13.6 Å². The third-order valence-electron chi connectivity index (χ3n) is 4.36. The van der Waals surface area contributed by atoms with E-state index in [-0.39, 0.29) is 11.4 Å². The van der Waals surface area contributed by atoms with Crippen molar-refractivity contribution in [2.45, 2.75) is 13.3 Å². The molecule has 1 amide bonds. The summed E-state index contributed by atoms with van der Waals surface area (Å²) in [5, 5.41) is 14.1. The lowest BCUT2D eigenvalue weighted by Crippen LogP contribution is -2.15. The van der Waals surface area contributed by atoms with Gasteiger partial charge in [0.2, 0.25) is 0 Å². The number of alkyl halides is 2. The Labute approximate surface area is 166 Å². The van der Waals surface area contributed by atoms with Crippen molar-refractivity contribution in [2.24, 2.45) is 0 Å². The van der Waals surface area contributed by atoms with Crippen LogP contribution in [0.15, 0.2) is 53.1 Å². The largest absolute Gasteiger partial charge is 0.304 e. The van der Waals surface area contributed by atoms with Crippen LogP contribution in [0.1, 0.15) is 28.0 Å². The highest BCUT2D eigenvalue weighted by Gasteiger charge is 2.26. The number of H-pyrrole nitrogens is 1. The number of hydrogen-bond acceptors (Lipinski definition) is 3. The van der Waals surface area contributed by atoms with Gasteiger partial charge in [0, 0.05) is 9.86 Å². The number of nitrogens with one attached hydrogen (secondary N) is 2. The molecule has 28 heavy (non-hydrogen) atoms. The van der Waals surface area contributed by atoms with Gasteiger partial charge in [-0.3, -0.25) is 9.89 Å². The summed E-state index contributed by atoms with van der Waals surface area (Å²) < 4.78 is 29.5. The molecule has 9 heteroatoms. The zero-order valence-electron chi connectivity index (χ0n) is 14.6. The van der Waals surface area contributed by atoms with Gasteiger partial charge in [-0.2, -0.15) is 10.2 Å². The molecule has 0 aliphatic heterocycles. The Morgan fingerprint density at radius 3 is 2.79 bits per heavy atom. The van der Waals surface area contributed by atoms with Crippen molar-refractivity contribution >= 4 is 38.6 Å². The van der Waals surface area contributed by atoms with Crippen LogP contribution in [0.25, 0.3) is 16.6 Å². The van der Waals surface area contributed by atoms with Gasteiger partial charge in [0.1, 0.15) is 5.69 Å². The molecule has 0 bridgehead atoms. The number of amides is 1. The first kappa shape index (κ1) is 18.3. The minimum Gasteiger partial charge on any atom is -0.304 e. The van der Waals surface area contributed by atoms with Crippen LogP contribution in [0.4, 0.5) is 14.6 Å². The number of fused-ring (bicyclic) bond motifs is 1. The van der Waals surface area contributed by atoms with Crippen molar-refractivity contribution in [3.63, 3.8) is 0 Å². The summed E-state index contributed by atoms with van der Waals surface area (Å²) in [5.74, 6) is -0.450. The smallest absolute Gasteiger partial charge is 0.281 e. The first-order chi connectivity index (χ1) is 13.5. The minimum atomic E-state index is -2.88. The molecule has 2 aromatic carbocycles. The Morgan fingerprint density at radius 1 is 1.25 bits per heavy atom. The molecule has 0 saturated carbocycles. The lowest BCUT2D eigenvalue weighted by atomic mass is 10.2. The molecule has 4 rings (SSSR count). The number of nitrogens with zero attached hydrogens (tertiary/aromatic N) is 3. The van der Waals surface area contributed by atoms with Crippen molar-refractivity contribution in [3.8, 4) is 5.69 Å². The fraction of sp³-hybridized carbons (Fsp3) is 0.105. The number of hydrogen-bond donors (Lipinski definition) is 2. The summed E-state index contributed by atoms with van der Waals surface area (Å²) >= 11 is 3.36. The first-order valence-corrected chi connectivity index (χ1v) is 9.12. The van der Waals surface area contributed by atoms with Gasteiger partial charge in [-0.25, -0.2) is 13.5 Å². The van der Waals surface area contributed by atoms with E-state index in [4.69, 9.17) is 0 Å². The number of carbonyl (C=O) groups excluding carboxylic acids is 1. The zero-order valence-corrected chi connectivity index (χ0v) is 16.2. The van der Waals surface area contributed by atoms with Gasteiger partial charge in [0.05, 0.1) is 23.0 Å². The molecular formula is C19H14BrF2N5O. The summed E-state index contributed by atoms with van der Waals surface area (Å²) in [4.78, 5) is 12.7. The molecule has 0 spiro atoms. The van der Waals surface area contributed by atoms with Crippen LogP contribution < -0.4 is 5.32 Å². The number of aromatic amines is 1. The number of aryl methyl sites for hydroxylation is 1. The molecule has 0 fully saturated rings. The van der Waals surface area contributed by atoms with Crippen LogP contribution in [0.5, 0.6) is 0 Å². The van der Waals surface area contributed by atoms with E-state index in [1.54, 1.807) is 43.3 Å². The summed E-state index contributed by atoms with van der Waals surface area (Å²) in [6, 6.07) is 12.4. The summed E-state index contributed by atoms with van der Waals surface area (Å²) in [5.41, 5.74) is 1.30. The van der Waals surface area contributed by atoms with Gasteiger partial charge in [-0.1, -0.05) is 34.1 Å². The molecule has 0 saturated heterocycles. The van der Waals surface area contributed by atoms with Gasteiger partial charge in [-0.05, 0) is 36.8 Å². The predicted molar refractivity (Wildman–Crippen MR) is 105 cm³/mol. The maximum absolute atomic E-state index is 13.8. The van der Waals surface area contributed by atoms with Gasteiger partial charge in [0.25, 0.3) is 12.3 Å². The Hall–Kier alpha value is -3.07. The third-order valence-corrected chi connectivity index (χ3v) is 4.85. The summed E-state index contributed by atoms with van der Waals surface area (Å²) in [6.45, 7) is 1.79. The average Bonchev–Trinajstić information content (AvgIpc) is 3.27. The van der Waals surface area contributed by atoms with E-state index in [2.05, 4.69) is 36.5 Å². The monoisotopic (exact) mass is 445 g/mol. The fourth-order valence-electron chi connectivity index (χ4n) is 2.99. The van der Waals surface area contributed by atoms with Crippen LogP contribution in [-0.4, -0.2) is 25.9 Å². The normalized spacial score (nSPS) is 11.3. The molecular weight excluding hydrogens is 432 g/mol. The maximum Gasteiger partial charge on any atom is 0.281 e. The number of carbonyl (C=O) groups is 1. The highest BCUT2D eigenvalue weighted by Crippen LogP contribution is 2.29. The molecule has 0 unspecified atom stereocenters. The molecule has 6 nitrogen and oxygen atoms in total. The molecule has 142 valence electrons. The predicted octanol–water partition coefficient (Wildman–Crippen LogP) is 5.01. The van der Waals surface area contributed by atoms with Crippen molar-refractivity contribution in [1.29, 1.82) is 0 Å². The number of aromatic nitrogens is 4. The highest BCUT2D eigenvalue weighted by molar-refractivity contribution is 9.10. The Bertz CT molecular complexity index is 1180. The summed E-state index contributed by atoms with van der Waals surface area (Å²) in [6.07, 6.45) is -1.73. The molecule has 0 aliphatic rings. The second-order valence-corrected chi connectivity index (χ2v) is 7.07. The van der Waals surface area contributed by atoms with Gasteiger partial charge in [-0.15, -0.1) is 0 Å². The molecule has 0 atom stereocenters. The van der Waals surface area contributed by atoms with E-state index in [0.717, 1.165) is 20.9 Å². The van der Waals surface area contributed by atoms with Gasteiger partial charge >= 0.3 is 0 Å². The lowest BCUT2D eigenvalue weighted by Gasteiger charge is -2.11. The Morgan fingerprint density at radius 2 is 2.04 bits per heavy atom. The number of benzene rings is 2. The lowest BCUT2D eigenvalue weighted by molar-refractivity contribution is 0.100. The van der Waals surface area contributed by atoms with Crippen molar-refractivity contribution in [1.82, 2.24) is 20.0 Å². The van der Waals surface area contributed by atoms with Crippen LogP contribution in [0.2, 0.25) is 0 Å². The number of anilines is 1. The van der Waals surface area contributed by atoms with E-state index in [1.165, 1.54) is 0 Å². The Balaban J connectivity index is 1.73. The van der Waals surface area contributed by atoms with E-state index in [1.807, 2.05) is 6.07 Å².